The molecule has 1 unspecified atom stereocenters. The highest BCUT2D eigenvalue weighted by Crippen LogP contribution is 2.16. The van der Waals surface area contributed by atoms with Crippen molar-refractivity contribution in [2.45, 2.75) is 31.6 Å². The van der Waals surface area contributed by atoms with Gasteiger partial charge in [0.25, 0.3) is 0 Å². The highest BCUT2D eigenvalue weighted by Gasteiger charge is 2.32. The molecule has 1 aliphatic rings. The average molecular weight is 265 g/mol. The molecule has 1 atom stereocenters. The monoisotopic (exact) mass is 265 g/mol. The van der Waals surface area contributed by atoms with Crippen LogP contribution in [0.15, 0.2) is 0 Å². The fraction of sp³-hybridized carbons (Fsp3) is 0.900. The van der Waals surface area contributed by atoms with E-state index in [9.17, 15) is 13.2 Å². The van der Waals surface area contributed by atoms with Crippen LogP contribution in [-0.4, -0.2) is 56.9 Å². The van der Waals surface area contributed by atoms with E-state index in [-0.39, 0.29) is 13.0 Å². The van der Waals surface area contributed by atoms with Gasteiger partial charge in [-0.2, -0.15) is 4.31 Å². The number of nitrogens with zero attached hydrogens (tertiary/aromatic N) is 1. The molecular formula is C10H19NO5S. The van der Waals surface area contributed by atoms with Gasteiger partial charge in [-0.1, -0.05) is 0 Å². The van der Waals surface area contributed by atoms with Gasteiger partial charge in [0.2, 0.25) is 10.0 Å². The maximum atomic E-state index is 11.9. The van der Waals surface area contributed by atoms with Crippen molar-refractivity contribution >= 4 is 16.0 Å². The molecule has 7 heteroatoms. The standard InChI is InChI=1S/C10H19NO5S/c1-8(2)17(13,14)11-4-5-16-9(7-11)6-10(12)15-3/h8-9H,4-7H2,1-3H3. The highest BCUT2D eigenvalue weighted by atomic mass is 32.2. The van der Waals surface area contributed by atoms with E-state index < -0.39 is 27.3 Å². The van der Waals surface area contributed by atoms with Crippen molar-refractivity contribution in [3.8, 4) is 0 Å². The third-order valence-electron chi connectivity index (χ3n) is 2.68. The molecule has 0 bridgehead atoms. The van der Waals surface area contributed by atoms with Crippen molar-refractivity contribution in [3.63, 3.8) is 0 Å². The SMILES string of the molecule is COC(=O)CC1CN(S(=O)(=O)C(C)C)CCO1. The lowest BCUT2D eigenvalue weighted by atomic mass is 10.2. The van der Waals surface area contributed by atoms with Crippen LogP contribution in [0.4, 0.5) is 0 Å². The van der Waals surface area contributed by atoms with E-state index in [2.05, 4.69) is 4.74 Å². The van der Waals surface area contributed by atoms with Gasteiger partial charge in [0.15, 0.2) is 0 Å². The van der Waals surface area contributed by atoms with Crippen LogP contribution in [0, 0.1) is 0 Å². The molecule has 17 heavy (non-hydrogen) atoms. The second kappa shape index (κ2) is 5.79. The Kier molecular flexibility index (Phi) is 4.91. The first-order valence-electron chi connectivity index (χ1n) is 5.55. The maximum absolute atomic E-state index is 11.9. The van der Waals surface area contributed by atoms with Crippen LogP contribution in [0.25, 0.3) is 0 Å². The number of carbonyl (C=O) groups excluding carboxylic acids is 1. The second-order valence-electron chi connectivity index (χ2n) is 4.22. The highest BCUT2D eigenvalue weighted by molar-refractivity contribution is 7.89. The number of hydrogen-bond acceptors (Lipinski definition) is 5. The van der Waals surface area contributed by atoms with E-state index in [1.165, 1.54) is 11.4 Å². The summed E-state index contributed by atoms with van der Waals surface area (Å²) in [5.74, 6) is -0.390. The second-order valence-corrected chi connectivity index (χ2v) is 6.71. The van der Waals surface area contributed by atoms with Gasteiger partial charge in [0.1, 0.15) is 0 Å². The molecule has 1 aliphatic heterocycles. The number of ether oxygens (including phenoxy) is 2. The van der Waals surface area contributed by atoms with Gasteiger partial charge in [-0.25, -0.2) is 8.42 Å². The minimum Gasteiger partial charge on any atom is -0.469 e. The molecule has 1 saturated heterocycles. The van der Waals surface area contributed by atoms with Gasteiger partial charge in [-0.05, 0) is 13.8 Å². The van der Waals surface area contributed by atoms with Crippen LogP contribution in [0.2, 0.25) is 0 Å². The first-order chi connectivity index (χ1) is 7.87. The Hall–Kier alpha value is -0.660. The smallest absolute Gasteiger partial charge is 0.308 e. The number of methoxy groups -OCH3 is 1. The van der Waals surface area contributed by atoms with E-state index in [0.29, 0.717) is 13.2 Å². The Labute approximate surface area is 102 Å². The molecule has 100 valence electrons. The largest absolute Gasteiger partial charge is 0.469 e. The predicted octanol–water partition coefficient (Wildman–Crippen LogP) is -0.0115. The van der Waals surface area contributed by atoms with E-state index in [1.807, 2.05) is 0 Å². The molecule has 0 aromatic rings. The molecule has 0 aromatic carbocycles. The van der Waals surface area contributed by atoms with Crippen LogP contribution < -0.4 is 0 Å². The van der Waals surface area contributed by atoms with Crippen molar-refractivity contribution in [1.29, 1.82) is 0 Å². The Morgan fingerprint density at radius 2 is 2.18 bits per heavy atom. The molecule has 0 N–H and O–H groups in total. The van der Waals surface area contributed by atoms with Crippen LogP contribution >= 0.6 is 0 Å². The Bertz CT molecular complexity index is 365. The van der Waals surface area contributed by atoms with Gasteiger partial charge < -0.3 is 9.47 Å². The summed E-state index contributed by atoms with van der Waals surface area (Å²) < 4.78 is 35.1. The molecule has 0 aliphatic carbocycles. The lowest BCUT2D eigenvalue weighted by Crippen LogP contribution is -2.48. The number of esters is 1. The molecular weight excluding hydrogens is 246 g/mol. The third-order valence-corrected chi connectivity index (χ3v) is 4.92. The zero-order valence-electron chi connectivity index (χ0n) is 10.4. The molecule has 0 radical (unpaired) electrons. The van der Waals surface area contributed by atoms with Crippen LogP contribution in [-0.2, 0) is 24.3 Å². The fourth-order valence-electron chi connectivity index (χ4n) is 1.61. The van der Waals surface area contributed by atoms with Crippen molar-refractivity contribution < 1.29 is 22.7 Å². The van der Waals surface area contributed by atoms with Crippen molar-refractivity contribution in [2.75, 3.05) is 26.8 Å². The van der Waals surface area contributed by atoms with Gasteiger partial charge in [-0.15, -0.1) is 0 Å². The molecule has 1 heterocycles. The van der Waals surface area contributed by atoms with Gasteiger partial charge in [0.05, 0.1) is 31.5 Å². The first kappa shape index (κ1) is 14.4. The number of morpholine rings is 1. The maximum Gasteiger partial charge on any atom is 0.308 e. The van der Waals surface area contributed by atoms with Crippen molar-refractivity contribution in [2.24, 2.45) is 0 Å². The summed E-state index contributed by atoms with van der Waals surface area (Å²) in [6.45, 7) is 4.15. The molecule has 1 fully saturated rings. The third kappa shape index (κ3) is 3.65. The molecule has 6 nitrogen and oxygen atoms in total. The lowest BCUT2D eigenvalue weighted by molar-refractivity contribution is -0.145. The molecule has 0 spiro atoms. The molecule has 0 aromatic heterocycles. The summed E-state index contributed by atoms with van der Waals surface area (Å²) >= 11 is 0. The summed E-state index contributed by atoms with van der Waals surface area (Å²) in [6, 6.07) is 0. The Morgan fingerprint density at radius 3 is 2.71 bits per heavy atom. The summed E-state index contributed by atoms with van der Waals surface area (Å²) in [6.07, 6.45) is -0.328. The van der Waals surface area contributed by atoms with Crippen LogP contribution in [0.1, 0.15) is 20.3 Å². The number of sulfonamides is 1. The lowest BCUT2D eigenvalue weighted by Gasteiger charge is -2.32. The van der Waals surface area contributed by atoms with E-state index in [0.717, 1.165) is 0 Å². The van der Waals surface area contributed by atoms with Gasteiger partial charge in [-0.3, -0.25) is 4.79 Å². The zero-order chi connectivity index (χ0) is 13.1. The van der Waals surface area contributed by atoms with E-state index in [4.69, 9.17) is 4.74 Å². The van der Waals surface area contributed by atoms with E-state index in [1.54, 1.807) is 13.8 Å². The quantitative estimate of drug-likeness (QED) is 0.668. The summed E-state index contributed by atoms with van der Waals surface area (Å²) in [4.78, 5) is 11.1. The molecule has 1 rings (SSSR count). The normalized spacial score (nSPS) is 22.7. The summed E-state index contributed by atoms with van der Waals surface area (Å²) in [5.41, 5.74) is 0. The van der Waals surface area contributed by atoms with E-state index >= 15 is 0 Å². The number of hydrogen-bond donors (Lipinski definition) is 0. The topological polar surface area (TPSA) is 72.9 Å². The van der Waals surface area contributed by atoms with Crippen LogP contribution in [0.3, 0.4) is 0 Å². The Balaban J connectivity index is 2.64. The minimum absolute atomic E-state index is 0.0839. The van der Waals surface area contributed by atoms with Crippen LogP contribution in [0.5, 0.6) is 0 Å². The molecule has 0 saturated carbocycles. The Morgan fingerprint density at radius 1 is 1.53 bits per heavy atom. The minimum atomic E-state index is -3.27. The average Bonchev–Trinajstić information content (AvgIpc) is 2.29. The van der Waals surface area contributed by atoms with Crippen molar-refractivity contribution in [3.05, 3.63) is 0 Å². The fourth-order valence-corrected chi connectivity index (χ4v) is 2.91. The predicted molar refractivity (Wildman–Crippen MR) is 62.0 cm³/mol. The first-order valence-corrected chi connectivity index (χ1v) is 7.05. The summed E-state index contributed by atoms with van der Waals surface area (Å²) in [7, 11) is -1.97. The molecule has 0 amide bonds. The van der Waals surface area contributed by atoms with Crippen molar-refractivity contribution in [1.82, 2.24) is 4.31 Å². The number of carbonyl (C=O) groups is 1. The van der Waals surface area contributed by atoms with Gasteiger partial charge in [0, 0.05) is 13.1 Å². The number of rotatable bonds is 4. The summed E-state index contributed by atoms with van der Waals surface area (Å²) in [5, 5.41) is -0.459. The zero-order valence-corrected chi connectivity index (χ0v) is 11.2. The van der Waals surface area contributed by atoms with Gasteiger partial charge >= 0.3 is 5.97 Å².